The van der Waals surface area contributed by atoms with E-state index in [1.54, 1.807) is 18.2 Å². The van der Waals surface area contributed by atoms with Crippen molar-refractivity contribution >= 4 is 23.4 Å². The number of carbonyl (C=O) groups is 2. The van der Waals surface area contributed by atoms with E-state index in [1.807, 2.05) is 37.3 Å². The standard InChI is InChI=1S/C19H19ClN2O3/c1-13-3-2-4-16(11-13)25-12-17(23)21-22-18(24)19(9-10-19)14-5-7-15(20)8-6-14/h2-8,11H,9-10,12H2,1H3,(H,21,23)(H,22,24). The predicted octanol–water partition coefficient (Wildman–Crippen LogP) is 2.91. The van der Waals surface area contributed by atoms with Crippen molar-refractivity contribution in [1.29, 1.82) is 0 Å². The van der Waals surface area contributed by atoms with E-state index in [0.29, 0.717) is 10.8 Å². The zero-order valence-corrected chi connectivity index (χ0v) is 14.6. The number of rotatable bonds is 5. The molecule has 2 aromatic carbocycles. The van der Waals surface area contributed by atoms with Crippen LogP contribution < -0.4 is 15.6 Å². The van der Waals surface area contributed by atoms with Gasteiger partial charge in [0.05, 0.1) is 5.41 Å². The van der Waals surface area contributed by atoms with Crippen molar-refractivity contribution in [3.8, 4) is 5.75 Å². The summed E-state index contributed by atoms with van der Waals surface area (Å²) in [7, 11) is 0. The van der Waals surface area contributed by atoms with Gasteiger partial charge in [0.2, 0.25) is 5.91 Å². The molecule has 2 amide bonds. The lowest BCUT2D eigenvalue weighted by Gasteiger charge is -2.16. The smallest absolute Gasteiger partial charge is 0.276 e. The number of hydrogen-bond donors (Lipinski definition) is 2. The monoisotopic (exact) mass is 358 g/mol. The van der Waals surface area contributed by atoms with Gasteiger partial charge in [-0.05, 0) is 55.2 Å². The fourth-order valence-electron chi connectivity index (χ4n) is 2.68. The molecule has 0 saturated heterocycles. The Morgan fingerprint density at radius 1 is 1.12 bits per heavy atom. The zero-order chi connectivity index (χ0) is 17.9. The highest BCUT2D eigenvalue weighted by atomic mass is 35.5. The fourth-order valence-corrected chi connectivity index (χ4v) is 2.80. The van der Waals surface area contributed by atoms with Crippen LogP contribution >= 0.6 is 11.6 Å². The fraction of sp³-hybridized carbons (Fsp3) is 0.263. The molecular weight excluding hydrogens is 340 g/mol. The highest BCUT2D eigenvalue weighted by Crippen LogP contribution is 2.48. The third kappa shape index (κ3) is 4.12. The molecule has 0 radical (unpaired) electrons. The van der Waals surface area contributed by atoms with Gasteiger partial charge in [-0.15, -0.1) is 0 Å². The number of aryl methyl sites for hydroxylation is 1. The van der Waals surface area contributed by atoms with Crippen LogP contribution in [-0.4, -0.2) is 18.4 Å². The lowest BCUT2D eigenvalue weighted by Crippen LogP contribution is -2.48. The first kappa shape index (κ1) is 17.3. The molecule has 0 atom stereocenters. The molecule has 0 aliphatic heterocycles. The first-order valence-corrected chi connectivity index (χ1v) is 8.42. The zero-order valence-electron chi connectivity index (χ0n) is 13.8. The number of nitrogens with one attached hydrogen (secondary N) is 2. The second-order valence-electron chi connectivity index (χ2n) is 6.20. The summed E-state index contributed by atoms with van der Waals surface area (Å²) >= 11 is 5.89. The Morgan fingerprint density at radius 2 is 1.84 bits per heavy atom. The molecule has 1 aliphatic carbocycles. The SMILES string of the molecule is Cc1cccc(OCC(=O)NNC(=O)C2(c3ccc(Cl)cc3)CC2)c1. The van der Waals surface area contributed by atoms with Gasteiger partial charge in [0, 0.05) is 5.02 Å². The summed E-state index contributed by atoms with van der Waals surface area (Å²) < 4.78 is 5.40. The van der Waals surface area contributed by atoms with Crippen LogP contribution in [0.2, 0.25) is 5.02 Å². The normalized spacial score (nSPS) is 14.5. The number of ether oxygens (including phenoxy) is 1. The highest BCUT2D eigenvalue weighted by molar-refractivity contribution is 6.30. The Hall–Kier alpha value is -2.53. The van der Waals surface area contributed by atoms with E-state index >= 15 is 0 Å². The largest absolute Gasteiger partial charge is 0.484 e. The molecule has 0 heterocycles. The third-order valence-corrected chi connectivity index (χ3v) is 4.51. The lowest BCUT2D eigenvalue weighted by atomic mass is 9.95. The average Bonchev–Trinajstić information content (AvgIpc) is 3.40. The second kappa shape index (κ2) is 7.15. The second-order valence-corrected chi connectivity index (χ2v) is 6.63. The molecule has 1 aliphatic rings. The van der Waals surface area contributed by atoms with Crippen molar-refractivity contribution in [3.63, 3.8) is 0 Å². The molecular formula is C19H19ClN2O3. The van der Waals surface area contributed by atoms with Crippen molar-refractivity contribution < 1.29 is 14.3 Å². The molecule has 130 valence electrons. The summed E-state index contributed by atoms with van der Waals surface area (Å²) in [6.07, 6.45) is 1.49. The summed E-state index contributed by atoms with van der Waals surface area (Å²) in [4.78, 5) is 24.3. The summed E-state index contributed by atoms with van der Waals surface area (Å²) in [6, 6.07) is 14.6. The summed E-state index contributed by atoms with van der Waals surface area (Å²) in [5.74, 6) is -0.0261. The number of hydrogen-bond acceptors (Lipinski definition) is 3. The van der Waals surface area contributed by atoms with Crippen LogP contribution in [0.25, 0.3) is 0 Å². The molecule has 2 aromatic rings. The number of amides is 2. The highest BCUT2D eigenvalue weighted by Gasteiger charge is 2.51. The van der Waals surface area contributed by atoms with Crippen LogP contribution in [0, 0.1) is 6.92 Å². The number of carbonyl (C=O) groups excluding carboxylic acids is 2. The van der Waals surface area contributed by atoms with Crippen LogP contribution in [-0.2, 0) is 15.0 Å². The van der Waals surface area contributed by atoms with E-state index in [1.165, 1.54) is 0 Å². The van der Waals surface area contributed by atoms with E-state index in [2.05, 4.69) is 10.9 Å². The number of hydrazine groups is 1. The Kier molecular flexibility index (Phi) is 4.95. The maximum absolute atomic E-state index is 12.4. The van der Waals surface area contributed by atoms with Gasteiger partial charge < -0.3 is 4.74 Å². The van der Waals surface area contributed by atoms with Gasteiger partial charge in [-0.1, -0.05) is 35.9 Å². The molecule has 0 spiro atoms. The predicted molar refractivity (Wildman–Crippen MR) is 95.3 cm³/mol. The van der Waals surface area contributed by atoms with Crippen molar-refractivity contribution in [2.75, 3.05) is 6.61 Å². The Balaban J connectivity index is 1.50. The van der Waals surface area contributed by atoms with Gasteiger partial charge in [0.1, 0.15) is 5.75 Å². The molecule has 1 saturated carbocycles. The van der Waals surface area contributed by atoms with E-state index in [-0.39, 0.29) is 12.5 Å². The van der Waals surface area contributed by atoms with E-state index in [4.69, 9.17) is 16.3 Å². The average molecular weight is 359 g/mol. The first-order valence-electron chi connectivity index (χ1n) is 8.04. The van der Waals surface area contributed by atoms with Gasteiger partial charge in [-0.3, -0.25) is 20.4 Å². The van der Waals surface area contributed by atoms with Crippen LogP contribution in [0.5, 0.6) is 5.75 Å². The molecule has 2 N–H and O–H groups in total. The van der Waals surface area contributed by atoms with Crippen LogP contribution in [0.3, 0.4) is 0 Å². The number of benzene rings is 2. The minimum atomic E-state index is -0.574. The molecule has 5 nitrogen and oxygen atoms in total. The van der Waals surface area contributed by atoms with E-state index in [9.17, 15) is 9.59 Å². The first-order chi connectivity index (χ1) is 12.0. The summed E-state index contributed by atoms with van der Waals surface area (Å²) in [6.45, 7) is 1.77. The lowest BCUT2D eigenvalue weighted by molar-refractivity contribution is -0.131. The maximum Gasteiger partial charge on any atom is 0.276 e. The molecule has 6 heteroatoms. The minimum Gasteiger partial charge on any atom is -0.484 e. The van der Waals surface area contributed by atoms with Crippen molar-refractivity contribution in [2.24, 2.45) is 0 Å². The van der Waals surface area contributed by atoms with Gasteiger partial charge in [0.25, 0.3) is 5.91 Å². The van der Waals surface area contributed by atoms with Crippen molar-refractivity contribution in [2.45, 2.75) is 25.2 Å². The Labute approximate surface area is 151 Å². The van der Waals surface area contributed by atoms with E-state index in [0.717, 1.165) is 24.0 Å². The van der Waals surface area contributed by atoms with Gasteiger partial charge in [0.15, 0.2) is 6.61 Å². The minimum absolute atomic E-state index is 0.169. The molecule has 0 aromatic heterocycles. The quantitative estimate of drug-likeness (QED) is 0.807. The van der Waals surface area contributed by atoms with Crippen molar-refractivity contribution in [3.05, 3.63) is 64.7 Å². The van der Waals surface area contributed by atoms with Gasteiger partial charge in [-0.2, -0.15) is 0 Å². The Bertz CT molecular complexity index is 786. The number of halogens is 1. The molecule has 25 heavy (non-hydrogen) atoms. The van der Waals surface area contributed by atoms with Gasteiger partial charge >= 0.3 is 0 Å². The molecule has 0 unspecified atom stereocenters. The maximum atomic E-state index is 12.4. The van der Waals surface area contributed by atoms with Crippen LogP contribution in [0.15, 0.2) is 48.5 Å². The Morgan fingerprint density at radius 3 is 2.48 bits per heavy atom. The van der Waals surface area contributed by atoms with Crippen LogP contribution in [0.1, 0.15) is 24.0 Å². The van der Waals surface area contributed by atoms with Gasteiger partial charge in [-0.25, -0.2) is 0 Å². The topological polar surface area (TPSA) is 67.4 Å². The van der Waals surface area contributed by atoms with E-state index < -0.39 is 11.3 Å². The molecule has 3 rings (SSSR count). The summed E-state index contributed by atoms with van der Waals surface area (Å²) in [5, 5.41) is 0.626. The summed E-state index contributed by atoms with van der Waals surface area (Å²) in [5.41, 5.74) is 6.27. The van der Waals surface area contributed by atoms with Crippen LogP contribution in [0.4, 0.5) is 0 Å². The van der Waals surface area contributed by atoms with Crippen molar-refractivity contribution in [1.82, 2.24) is 10.9 Å². The molecule has 1 fully saturated rings. The molecule has 0 bridgehead atoms. The third-order valence-electron chi connectivity index (χ3n) is 4.26.